The Hall–Kier alpha value is -1.87. The minimum Gasteiger partial charge on any atom is -0.439 e. The monoisotopic (exact) mass is 256 g/mol. The maximum Gasteiger partial charge on any atom is 0.219 e. The highest BCUT2D eigenvalue weighted by molar-refractivity contribution is 5.39. The molecule has 19 heavy (non-hydrogen) atoms. The lowest BCUT2D eigenvalue weighted by molar-refractivity contribution is 0.456. The number of aryl methyl sites for hydroxylation is 3. The maximum absolute atomic E-state index is 5.91. The average molecular weight is 256 g/mol. The van der Waals surface area contributed by atoms with Crippen LogP contribution < -0.4 is 10.5 Å². The summed E-state index contributed by atoms with van der Waals surface area (Å²) in [5.74, 6) is 1.47. The van der Waals surface area contributed by atoms with Gasteiger partial charge in [-0.05, 0) is 49.1 Å². The van der Waals surface area contributed by atoms with Crippen LogP contribution in [0.25, 0.3) is 0 Å². The topological polar surface area (TPSA) is 48.1 Å². The number of rotatable bonds is 4. The van der Waals surface area contributed by atoms with Crippen molar-refractivity contribution in [1.29, 1.82) is 0 Å². The lowest BCUT2D eigenvalue weighted by Gasteiger charge is -2.11. The number of pyridine rings is 1. The molecule has 0 aliphatic heterocycles. The lowest BCUT2D eigenvalue weighted by Crippen LogP contribution is -2.01. The highest BCUT2D eigenvalue weighted by Crippen LogP contribution is 2.25. The third kappa shape index (κ3) is 3.32. The molecule has 0 bridgehead atoms. The predicted octanol–water partition coefficient (Wildman–Crippen LogP) is 3.51. The SMILES string of the molecule is CCc1cc(CN)cc(Oc2cc(C)ccc2C)n1. The first-order valence-corrected chi connectivity index (χ1v) is 6.57. The fourth-order valence-corrected chi connectivity index (χ4v) is 1.90. The summed E-state index contributed by atoms with van der Waals surface area (Å²) in [7, 11) is 0. The van der Waals surface area contributed by atoms with Crippen molar-refractivity contribution in [2.24, 2.45) is 5.73 Å². The Morgan fingerprint density at radius 2 is 1.95 bits per heavy atom. The highest BCUT2D eigenvalue weighted by atomic mass is 16.5. The number of nitrogens with two attached hydrogens (primary N) is 1. The van der Waals surface area contributed by atoms with Crippen molar-refractivity contribution in [3.05, 3.63) is 52.7 Å². The van der Waals surface area contributed by atoms with Gasteiger partial charge in [0.05, 0.1) is 0 Å². The van der Waals surface area contributed by atoms with Gasteiger partial charge in [0.15, 0.2) is 0 Å². The molecule has 1 heterocycles. The van der Waals surface area contributed by atoms with E-state index in [-0.39, 0.29) is 0 Å². The van der Waals surface area contributed by atoms with Crippen molar-refractivity contribution in [3.8, 4) is 11.6 Å². The van der Waals surface area contributed by atoms with Gasteiger partial charge in [0, 0.05) is 18.3 Å². The molecule has 100 valence electrons. The van der Waals surface area contributed by atoms with Crippen LogP contribution in [0.15, 0.2) is 30.3 Å². The first-order valence-electron chi connectivity index (χ1n) is 6.57. The second kappa shape index (κ2) is 5.85. The molecule has 0 aliphatic carbocycles. The highest BCUT2D eigenvalue weighted by Gasteiger charge is 2.06. The summed E-state index contributed by atoms with van der Waals surface area (Å²) in [5.41, 5.74) is 10.0. The minimum absolute atomic E-state index is 0.499. The molecule has 2 rings (SSSR count). The summed E-state index contributed by atoms with van der Waals surface area (Å²) < 4.78 is 5.91. The van der Waals surface area contributed by atoms with E-state index >= 15 is 0 Å². The second-order valence-electron chi connectivity index (χ2n) is 4.73. The van der Waals surface area contributed by atoms with E-state index in [9.17, 15) is 0 Å². The smallest absolute Gasteiger partial charge is 0.219 e. The van der Waals surface area contributed by atoms with E-state index in [0.29, 0.717) is 12.4 Å². The number of benzene rings is 1. The van der Waals surface area contributed by atoms with Gasteiger partial charge in [-0.3, -0.25) is 0 Å². The third-order valence-electron chi connectivity index (χ3n) is 3.07. The quantitative estimate of drug-likeness (QED) is 0.910. The molecule has 0 atom stereocenters. The fraction of sp³-hybridized carbons (Fsp3) is 0.312. The standard InChI is InChI=1S/C16H20N2O/c1-4-14-8-13(10-17)9-16(18-14)19-15-7-11(2)5-6-12(15)3/h5-9H,4,10,17H2,1-3H3. The van der Waals surface area contributed by atoms with E-state index < -0.39 is 0 Å². The van der Waals surface area contributed by atoms with Crippen molar-refractivity contribution >= 4 is 0 Å². The largest absolute Gasteiger partial charge is 0.439 e. The van der Waals surface area contributed by atoms with Gasteiger partial charge >= 0.3 is 0 Å². The summed E-state index contributed by atoms with van der Waals surface area (Å²) in [6.45, 7) is 6.65. The Balaban J connectivity index is 2.34. The molecule has 2 aromatic rings. The van der Waals surface area contributed by atoms with Crippen LogP contribution in [-0.4, -0.2) is 4.98 Å². The number of aromatic nitrogens is 1. The molecule has 3 nitrogen and oxygen atoms in total. The summed E-state index contributed by atoms with van der Waals surface area (Å²) in [5, 5.41) is 0. The first-order chi connectivity index (χ1) is 9.12. The van der Waals surface area contributed by atoms with Gasteiger partial charge in [-0.2, -0.15) is 0 Å². The van der Waals surface area contributed by atoms with Crippen LogP contribution in [0, 0.1) is 13.8 Å². The van der Waals surface area contributed by atoms with Crippen molar-refractivity contribution in [2.75, 3.05) is 0 Å². The average Bonchev–Trinajstić information content (AvgIpc) is 2.42. The van der Waals surface area contributed by atoms with Crippen LogP contribution in [-0.2, 0) is 13.0 Å². The van der Waals surface area contributed by atoms with Crippen LogP contribution in [0.3, 0.4) is 0 Å². The molecule has 0 aliphatic rings. The molecule has 0 saturated heterocycles. The van der Waals surface area contributed by atoms with Crippen molar-refractivity contribution in [2.45, 2.75) is 33.7 Å². The van der Waals surface area contributed by atoms with Crippen molar-refractivity contribution < 1.29 is 4.74 Å². The van der Waals surface area contributed by atoms with Gasteiger partial charge in [0.2, 0.25) is 5.88 Å². The summed E-state index contributed by atoms with van der Waals surface area (Å²) in [4.78, 5) is 4.49. The zero-order valence-electron chi connectivity index (χ0n) is 11.7. The zero-order valence-corrected chi connectivity index (χ0v) is 11.7. The van der Waals surface area contributed by atoms with Crippen LogP contribution in [0.5, 0.6) is 11.6 Å². The second-order valence-corrected chi connectivity index (χ2v) is 4.73. The Morgan fingerprint density at radius 1 is 1.16 bits per heavy atom. The Labute approximate surface area is 114 Å². The fourth-order valence-electron chi connectivity index (χ4n) is 1.90. The number of ether oxygens (including phenoxy) is 1. The Kier molecular flexibility index (Phi) is 4.17. The van der Waals surface area contributed by atoms with Gasteiger partial charge in [0.25, 0.3) is 0 Å². The molecule has 3 heteroatoms. The van der Waals surface area contributed by atoms with E-state index in [0.717, 1.165) is 29.0 Å². The first kappa shape index (κ1) is 13.6. The van der Waals surface area contributed by atoms with E-state index in [4.69, 9.17) is 10.5 Å². The van der Waals surface area contributed by atoms with Gasteiger partial charge in [-0.15, -0.1) is 0 Å². The van der Waals surface area contributed by atoms with Gasteiger partial charge in [-0.1, -0.05) is 19.1 Å². The van der Waals surface area contributed by atoms with Crippen molar-refractivity contribution in [3.63, 3.8) is 0 Å². The summed E-state index contributed by atoms with van der Waals surface area (Å²) in [6.07, 6.45) is 0.872. The Bertz CT molecular complexity index is 557. The molecule has 0 unspecified atom stereocenters. The molecule has 2 N–H and O–H groups in total. The van der Waals surface area contributed by atoms with Crippen LogP contribution in [0.4, 0.5) is 0 Å². The number of nitrogens with zero attached hydrogens (tertiary/aromatic N) is 1. The molecule has 0 spiro atoms. The van der Waals surface area contributed by atoms with E-state index in [1.54, 1.807) is 0 Å². The third-order valence-corrected chi connectivity index (χ3v) is 3.07. The molecule has 0 amide bonds. The molecule has 1 aromatic heterocycles. The van der Waals surface area contributed by atoms with Crippen LogP contribution in [0.2, 0.25) is 0 Å². The molecular weight excluding hydrogens is 236 g/mol. The Morgan fingerprint density at radius 3 is 2.63 bits per heavy atom. The molecular formula is C16H20N2O. The molecule has 0 saturated carbocycles. The summed E-state index contributed by atoms with van der Waals surface area (Å²) in [6, 6.07) is 10.1. The zero-order chi connectivity index (χ0) is 13.8. The number of hydrogen-bond donors (Lipinski definition) is 1. The normalized spacial score (nSPS) is 10.5. The molecule has 0 fully saturated rings. The van der Waals surface area contributed by atoms with E-state index in [2.05, 4.69) is 24.0 Å². The number of hydrogen-bond acceptors (Lipinski definition) is 3. The van der Waals surface area contributed by atoms with Crippen molar-refractivity contribution in [1.82, 2.24) is 4.98 Å². The van der Waals surface area contributed by atoms with Crippen LogP contribution in [0.1, 0.15) is 29.3 Å². The molecule has 0 radical (unpaired) electrons. The maximum atomic E-state index is 5.91. The minimum atomic E-state index is 0.499. The van der Waals surface area contributed by atoms with Gasteiger partial charge in [0.1, 0.15) is 5.75 Å². The lowest BCUT2D eigenvalue weighted by atomic mass is 10.1. The molecule has 1 aromatic carbocycles. The van der Waals surface area contributed by atoms with Gasteiger partial charge < -0.3 is 10.5 Å². The van der Waals surface area contributed by atoms with E-state index in [1.165, 1.54) is 5.56 Å². The summed E-state index contributed by atoms with van der Waals surface area (Å²) >= 11 is 0. The predicted molar refractivity (Wildman–Crippen MR) is 77.5 cm³/mol. The van der Waals surface area contributed by atoms with Crippen LogP contribution >= 0.6 is 0 Å². The van der Waals surface area contributed by atoms with E-state index in [1.807, 2.05) is 32.0 Å². The van der Waals surface area contributed by atoms with Gasteiger partial charge in [-0.25, -0.2) is 4.98 Å².